The molecule has 152 valence electrons. The van der Waals surface area contributed by atoms with Crippen molar-refractivity contribution < 1.29 is 9.53 Å². The van der Waals surface area contributed by atoms with Gasteiger partial charge in [-0.25, -0.2) is 0 Å². The van der Waals surface area contributed by atoms with Crippen LogP contribution in [0.2, 0.25) is 5.02 Å². The lowest BCUT2D eigenvalue weighted by Crippen LogP contribution is -2.15. The van der Waals surface area contributed by atoms with E-state index in [1.807, 2.05) is 30.5 Å². The Balaban J connectivity index is 1.65. The minimum absolute atomic E-state index is 0.172. The van der Waals surface area contributed by atoms with Crippen LogP contribution < -0.4 is 10.1 Å². The lowest BCUT2D eigenvalue weighted by Gasteiger charge is -2.11. The number of carbonyl (C=O) groups is 1. The highest BCUT2D eigenvalue weighted by Gasteiger charge is 2.15. The van der Waals surface area contributed by atoms with Gasteiger partial charge in [0, 0.05) is 11.6 Å². The highest BCUT2D eigenvalue weighted by Crippen LogP contribution is 2.26. The van der Waals surface area contributed by atoms with E-state index in [9.17, 15) is 4.79 Å². The molecule has 0 radical (unpaired) electrons. The largest absolute Gasteiger partial charge is 0.486 e. The maximum absolute atomic E-state index is 12.1. The molecule has 0 spiro atoms. The molecule has 0 unspecified atom stereocenters. The molecule has 1 N–H and O–H groups in total. The maximum atomic E-state index is 12.1. The topological polar surface area (TPSA) is 94.8 Å². The van der Waals surface area contributed by atoms with Gasteiger partial charge < -0.3 is 4.74 Å². The first kappa shape index (κ1) is 21.3. The van der Waals surface area contributed by atoms with E-state index in [1.54, 1.807) is 11.6 Å². The lowest BCUT2D eigenvalue weighted by atomic mass is 10.1. The summed E-state index contributed by atoms with van der Waals surface area (Å²) in [5.74, 6) is 1.33. The molecule has 11 heteroatoms. The van der Waals surface area contributed by atoms with Gasteiger partial charge in [-0.3, -0.25) is 14.7 Å². The predicted molar refractivity (Wildman–Crippen MR) is 115 cm³/mol. The summed E-state index contributed by atoms with van der Waals surface area (Å²) in [6.45, 7) is 8.39. The van der Waals surface area contributed by atoms with E-state index in [1.165, 1.54) is 23.1 Å². The van der Waals surface area contributed by atoms with Crippen LogP contribution in [0.15, 0.2) is 35.5 Å². The van der Waals surface area contributed by atoms with Crippen LogP contribution in [0.3, 0.4) is 0 Å². The van der Waals surface area contributed by atoms with Crippen molar-refractivity contribution in [3.8, 4) is 5.75 Å². The number of hydrogen-bond donors (Lipinski definition) is 1. The van der Waals surface area contributed by atoms with E-state index in [0.29, 0.717) is 28.4 Å². The first-order valence-electron chi connectivity index (χ1n) is 8.59. The highest BCUT2D eigenvalue weighted by molar-refractivity contribution is 7.99. The fraction of sp³-hybridized carbons (Fsp3) is 0.278. The van der Waals surface area contributed by atoms with Crippen molar-refractivity contribution >= 4 is 45.7 Å². The standard InChI is InChI=1S/C18H19ClN6O2S2/c1-4-5-25-14(8-27-13-6-11(2)16(19)12(3)7-13)22-24-18(25)28-9-15(26)21-17-23-20-10-29-17/h4,6-7,10H,1,5,8-9H2,2-3H3,(H,21,23,26). The average Bonchev–Trinajstić information content (AvgIpc) is 3.33. The van der Waals surface area contributed by atoms with Crippen LogP contribution >= 0.6 is 34.7 Å². The van der Waals surface area contributed by atoms with Gasteiger partial charge in [-0.2, -0.15) is 0 Å². The summed E-state index contributed by atoms with van der Waals surface area (Å²) >= 11 is 8.75. The van der Waals surface area contributed by atoms with Gasteiger partial charge in [-0.15, -0.1) is 27.0 Å². The Kier molecular flexibility index (Phi) is 7.24. The number of amides is 1. The number of ether oxygens (including phenoxy) is 1. The minimum Gasteiger partial charge on any atom is -0.486 e. The molecule has 8 nitrogen and oxygen atoms in total. The van der Waals surface area contributed by atoms with Gasteiger partial charge in [0.25, 0.3) is 0 Å². The zero-order chi connectivity index (χ0) is 20.8. The van der Waals surface area contributed by atoms with Crippen molar-refractivity contribution in [2.75, 3.05) is 11.1 Å². The van der Waals surface area contributed by atoms with Crippen molar-refractivity contribution in [2.24, 2.45) is 0 Å². The summed E-state index contributed by atoms with van der Waals surface area (Å²) in [6.07, 6.45) is 1.74. The van der Waals surface area contributed by atoms with Crippen molar-refractivity contribution in [3.05, 3.63) is 52.3 Å². The van der Waals surface area contributed by atoms with Crippen molar-refractivity contribution in [1.29, 1.82) is 0 Å². The fourth-order valence-electron chi connectivity index (χ4n) is 2.50. The molecule has 0 fully saturated rings. The van der Waals surface area contributed by atoms with Crippen LogP contribution in [0.1, 0.15) is 17.0 Å². The zero-order valence-electron chi connectivity index (χ0n) is 15.9. The Morgan fingerprint density at radius 1 is 1.34 bits per heavy atom. The number of aryl methyl sites for hydroxylation is 2. The molecule has 0 aliphatic carbocycles. The van der Waals surface area contributed by atoms with Crippen molar-refractivity contribution in [1.82, 2.24) is 25.0 Å². The summed E-state index contributed by atoms with van der Waals surface area (Å²) < 4.78 is 7.75. The second kappa shape index (κ2) is 9.86. The molecule has 0 bridgehead atoms. The number of thioether (sulfide) groups is 1. The number of nitrogens with zero attached hydrogens (tertiary/aromatic N) is 5. The number of allylic oxidation sites excluding steroid dienone is 1. The van der Waals surface area contributed by atoms with Crippen LogP contribution in [0.25, 0.3) is 0 Å². The monoisotopic (exact) mass is 450 g/mol. The molecule has 1 amide bonds. The molecule has 29 heavy (non-hydrogen) atoms. The van der Waals surface area contributed by atoms with Crippen molar-refractivity contribution in [2.45, 2.75) is 32.2 Å². The van der Waals surface area contributed by atoms with E-state index >= 15 is 0 Å². The van der Waals surface area contributed by atoms with E-state index in [4.69, 9.17) is 16.3 Å². The summed E-state index contributed by atoms with van der Waals surface area (Å²) in [5.41, 5.74) is 3.46. The fourth-order valence-corrected chi connectivity index (χ4v) is 3.83. The third kappa shape index (κ3) is 5.55. The Labute approximate surface area is 181 Å². The lowest BCUT2D eigenvalue weighted by molar-refractivity contribution is -0.113. The van der Waals surface area contributed by atoms with Crippen molar-refractivity contribution in [3.63, 3.8) is 0 Å². The second-order valence-electron chi connectivity index (χ2n) is 6.04. The quantitative estimate of drug-likeness (QED) is 0.390. The molecular weight excluding hydrogens is 432 g/mol. The van der Waals surface area contributed by atoms with E-state index < -0.39 is 0 Å². The summed E-state index contributed by atoms with van der Waals surface area (Å²) in [7, 11) is 0. The Bertz CT molecular complexity index is 983. The molecule has 3 aromatic rings. The van der Waals surface area contributed by atoms with Gasteiger partial charge in [0.15, 0.2) is 11.0 Å². The van der Waals surface area contributed by atoms with Crippen LogP contribution in [0.5, 0.6) is 5.75 Å². The first-order valence-corrected chi connectivity index (χ1v) is 10.8. The molecule has 1 aromatic carbocycles. The van der Waals surface area contributed by atoms with Gasteiger partial charge >= 0.3 is 0 Å². The van der Waals surface area contributed by atoms with Gasteiger partial charge in [0.1, 0.15) is 17.9 Å². The summed E-state index contributed by atoms with van der Waals surface area (Å²) in [5, 5.41) is 20.4. The van der Waals surface area contributed by atoms with Crippen LogP contribution in [0, 0.1) is 13.8 Å². The number of halogens is 1. The van der Waals surface area contributed by atoms with Gasteiger partial charge in [0.2, 0.25) is 11.0 Å². The number of hydrogen-bond acceptors (Lipinski definition) is 8. The van der Waals surface area contributed by atoms with Crippen LogP contribution in [-0.2, 0) is 17.9 Å². The number of aromatic nitrogens is 5. The van der Waals surface area contributed by atoms with Gasteiger partial charge in [-0.1, -0.05) is 40.8 Å². The second-order valence-corrected chi connectivity index (χ2v) is 8.19. The molecule has 0 saturated heterocycles. The molecule has 0 aliphatic rings. The van der Waals surface area contributed by atoms with Gasteiger partial charge in [-0.05, 0) is 37.1 Å². The third-order valence-corrected chi connectivity index (χ3v) is 5.99. The number of anilines is 1. The van der Waals surface area contributed by atoms with E-state index in [2.05, 4.69) is 32.3 Å². The summed E-state index contributed by atoms with van der Waals surface area (Å²) in [6, 6.07) is 3.77. The van der Waals surface area contributed by atoms with E-state index in [-0.39, 0.29) is 18.3 Å². The molecule has 2 aromatic heterocycles. The predicted octanol–water partition coefficient (Wildman–Crippen LogP) is 3.90. The molecule has 0 saturated carbocycles. The van der Waals surface area contributed by atoms with Crippen LogP contribution in [0.4, 0.5) is 5.13 Å². The Morgan fingerprint density at radius 3 is 2.76 bits per heavy atom. The SMILES string of the molecule is C=CCn1c(COc2cc(C)c(Cl)c(C)c2)nnc1SCC(=O)Nc1nncs1. The third-order valence-electron chi connectivity index (χ3n) is 3.82. The smallest absolute Gasteiger partial charge is 0.236 e. The Morgan fingerprint density at radius 2 is 2.10 bits per heavy atom. The van der Waals surface area contributed by atoms with Crippen LogP contribution in [-0.4, -0.2) is 36.6 Å². The first-order chi connectivity index (χ1) is 14.0. The maximum Gasteiger partial charge on any atom is 0.236 e. The Hall–Kier alpha value is -2.43. The normalized spacial score (nSPS) is 10.7. The number of benzene rings is 1. The highest BCUT2D eigenvalue weighted by atomic mass is 35.5. The van der Waals surface area contributed by atoms with E-state index in [0.717, 1.165) is 16.1 Å². The zero-order valence-corrected chi connectivity index (χ0v) is 18.3. The number of nitrogens with one attached hydrogen (secondary N) is 1. The molecule has 2 heterocycles. The molecule has 0 atom stereocenters. The van der Waals surface area contributed by atoms with Gasteiger partial charge in [0.05, 0.1) is 5.75 Å². The molecule has 0 aliphatic heterocycles. The summed E-state index contributed by atoms with van der Waals surface area (Å²) in [4.78, 5) is 12.1. The average molecular weight is 451 g/mol. The molecule has 3 rings (SSSR count). The molecular formula is C18H19ClN6O2S2. The number of rotatable bonds is 9. The minimum atomic E-state index is -0.190. The number of carbonyl (C=O) groups excluding carboxylic acids is 1.